The van der Waals surface area contributed by atoms with E-state index in [2.05, 4.69) is 5.32 Å². The third kappa shape index (κ3) is 2.97. The SMILES string of the molecule is NC(=O)C1CCCC1NC1CCCCCC1. The van der Waals surface area contributed by atoms with Gasteiger partial charge in [-0.2, -0.15) is 0 Å². The quantitative estimate of drug-likeness (QED) is 0.720. The summed E-state index contributed by atoms with van der Waals surface area (Å²) in [5.74, 6) is -0.0214. The summed E-state index contributed by atoms with van der Waals surface area (Å²) < 4.78 is 0. The Morgan fingerprint density at radius 1 is 0.938 bits per heavy atom. The number of nitrogens with one attached hydrogen (secondary N) is 1. The van der Waals surface area contributed by atoms with E-state index in [9.17, 15) is 4.79 Å². The smallest absolute Gasteiger partial charge is 0.222 e. The number of primary amides is 1. The zero-order valence-electron chi connectivity index (χ0n) is 10.1. The van der Waals surface area contributed by atoms with Crippen molar-refractivity contribution in [1.82, 2.24) is 5.32 Å². The standard InChI is InChI=1S/C13H24N2O/c14-13(16)11-8-5-9-12(11)15-10-6-3-1-2-4-7-10/h10-12,15H,1-9H2,(H2,14,16). The lowest BCUT2D eigenvalue weighted by Gasteiger charge is -2.25. The molecular weight excluding hydrogens is 200 g/mol. The van der Waals surface area contributed by atoms with Crippen LogP contribution in [0.4, 0.5) is 0 Å². The van der Waals surface area contributed by atoms with Gasteiger partial charge in [0.15, 0.2) is 0 Å². The molecule has 0 heterocycles. The van der Waals surface area contributed by atoms with Crippen molar-refractivity contribution in [2.24, 2.45) is 11.7 Å². The Hall–Kier alpha value is -0.570. The van der Waals surface area contributed by atoms with E-state index in [0.717, 1.165) is 19.3 Å². The summed E-state index contributed by atoms with van der Waals surface area (Å²) in [4.78, 5) is 11.3. The molecule has 0 spiro atoms. The molecule has 0 aromatic carbocycles. The van der Waals surface area contributed by atoms with Crippen LogP contribution in [0.5, 0.6) is 0 Å². The lowest BCUT2D eigenvalue weighted by atomic mass is 10.00. The number of hydrogen-bond acceptors (Lipinski definition) is 2. The van der Waals surface area contributed by atoms with Crippen LogP contribution in [0.1, 0.15) is 57.8 Å². The summed E-state index contributed by atoms with van der Waals surface area (Å²) >= 11 is 0. The molecule has 2 atom stereocenters. The van der Waals surface area contributed by atoms with Gasteiger partial charge in [-0.25, -0.2) is 0 Å². The van der Waals surface area contributed by atoms with Crippen LogP contribution >= 0.6 is 0 Å². The van der Waals surface area contributed by atoms with Crippen molar-refractivity contribution in [1.29, 1.82) is 0 Å². The number of hydrogen-bond donors (Lipinski definition) is 2. The zero-order chi connectivity index (χ0) is 11.4. The van der Waals surface area contributed by atoms with Gasteiger partial charge in [0.1, 0.15) is 0 Å². The topological polar surface area (TPSA) is 55.1 Å². The molecule has 16 heavy (non-hydrogen) atoms. The highest BCUT2D eigenvalue weighted by Crippen LogP contribution is 2.27. The van der Waals surface area contributed by atoms with Crippen molar-refractivity contribution >= 4 is 5.91 Å². The van der Waals surface area contributed by atoms with Gasteiger partial charge in [-0.15, -0.1) is 0 Å². The largest absolute Gasteiger partial charge is 0.369 e. The molecule has 3 nitrogen and oxygen atoms in total. The summed E-state index contributed by atoms with van der Waals surface area (Å²) in [7, 11) is 0. The van der Waals surface area contributed by atoms with Crippen molar-refractivity contribution in [3.05, 3.63) is 0 Å². The minimum Gasteiger partial charge on any atom is -0.369 e. The molecule has 0 radical (unpaired) electrons. The van der Waals surface area contributed by atoms with E-state index in [1.54, 1.807) is 0 Å². The number of amides is 1. The minimum absolute atomic E-state index is 0.0863. The van der Waals surface area contributed by atoms with Gasteiger partial charge in [-0.05, 0) is 25.7 Å². The third-order valence-corrected chi connectivity index (χ3v) is 4.19. The Labute approximate surface area is 98.2 Å². The fraction of sp³-hybridized carbons (Fsp3) is 0.923. The first-order valence-electron chi connectivity index (χ1n) is 6.83. The van der Waals surface area contributed by atoms with Gasteiger partial charge in [-0.1, -0.05) is 32.1 Å². The molecule has 0 saturated heterocycles. The highest BCUT2D eigenvalue weighted by atomic mass is 16.1. The molecule has 2 aliphatic rings. The summed E-state index contributed by atoms with van der Waals surface area (Å²) in [6.07, 6.45) is 11.3. The van der Waals surface area contributed by atoms with Gasteiger partial charge < -0.3 is 11.1 Å². The van der Waals surface area contributed by atoms with Crippen molar-refractivity contribution in [3.63, 3.8) is 0 Å². The normalized spacial score (nSPS) is 32.5. The van der Waals surface area contributed by atoms with Crippen LogP contribution in [-0.2, 0) is 4.79 Å². The van der Waals surface area contributed by atoms with Crippen LogP contribution < -0.4 is 11.1 Å². The molecule has 1 amide bonds. The van der Waals surface area contributed by atoms with E-state index in [1.165, 1.54) is 38.5 Å². The fourth-order valence-corrected chi connectivity index (χ4v) is 3.25. The lowest BCUT2D eigenvalue weighted by Crippen LogP contribution is -2.44. The molecule has 0 bridgehead atoms. The highest BCUT2D eigenvalue weighted by Gasteiger charge is 2.32. The molecule has 2 fully saturated rings. The number of carbonyl (C=O) groups is 1. The van der Waals surface area contributed by atoms with Crippen molar-refractivity contribution in [2.45, 2.75) is 69.9 Å². The maximum atomic E-state index is 11.3. The first-order chi connectivity index (χ1) is 7.77. The maximum absolute atomic E-state index is 11.3. The first-order valence-corrected chi connectivity index (χ1v) is 6.83. The number of rotatable bonds is 3. The summed E-state index contributed by atoms with van der Waals surface area (Å²) in [6, 6.07) is 0.994. The second-order valence-electron chi connectivity index (χ2n) is 5.40. The van der Waals surface area contributed by atoms with Gasteiger partial charge in [0.2, 0.25) is 5.91 Å². The van der Waals surface area contributed by atoms with Crippen LogP contribution in [0.15, 0.2) is 0 Å². The molecule has 3 heteroatoms. The molecule has 0 aromatic rings. The predicted octanol–water partition coefficient (Wildman–Crippen LogP) is 1.95. The van der Waals surface area contributed by atoms with Crippen LogP contribution in [-0.4, -0.2) is 18.0 Å². The molecule has 3 N–H and O–H groups in total. The average molecular weight is 224 g/mol. The fourth-order valence-electron chi connectivity index (χ4n) is 3.25. The van der Waals surface area contributed by atoms with Gasteiger partial charge in [-0.3, -0.25) is 4.79 Å². The van der Waals surface area contributed by atoms with Gasteiger partial charge in [0.05, 0.1) is 5.92 Å². The summed E-state index contributed by atoms with van der Waals surface area (Å²) in [5.41, 5.74) is 5.45. The van der Waals surface area contributed by atoms with E-state index in [1.807, 2.05) is 0 Å². The molecule has 92 valence electrons. The van der Waals surface area contributed by atoms with Crippen molar-refractivity contribution in [2.75, 3.05) is 0 Å². The molecular formula is C13H24N2O. The first kappa shape index (κ1) is 11.9. The molecule has 2 aliphatic carbocycles. The minimum atomic E-state index is -0.108. The molecule has 0 aliphatic heterocycles. The molecule has 2 unspecified atom stereocenters. The number of nitrogens with two attached hydrogens (primary N) is 1. The van der Waals surface area contributed by atoms with Gasteiger partial charge in [0, 0.05) is 12.1 Å². The van der Waals surface area contributed by atoms with E-state index >= 15 is 0 Å². The van der Waals surface area contributed by atoms with Gasteiger partial charge in [0.25, 0.3) is 0 Å². The second-order valence-corrected chi connectivity index (χ2v) is 5.40. The van der Waals surface area contributed by atoms with E-state index in [0.29, 0.717) is 12.1 Å². The van der Waals surface area contributed by atoms with E-state index < -0.39 is 0 Å². The van der Waals surface area contributed by atoms with Crippen LogP contribution in [0.25, 0.3) is 0 Å². The Morgan fingerprint density at radius 2 is 1.62 bits per heavy atom. The Bertz CT molecular complexity index is 234. The van der Waals surface area contributed by atoms with Gasteiger partial charge >= 0.3 is 0 Å². The van der Waals surface area contributed by atoms with Crippen LogP contribution in [0, 0.1) is 5.92 Å². The third-order valence-electron chi connectivity index (χ3n) is 4.19. The predicted molar refractivity (Wildman–Crippen MR) is 64.9 cm³/mol. The lowest BCUT2D eigenvalue weighted by molar-refractivity contribution is -0.122. The van der Waals surface area contributed by atoms with E-state index in [-0.39, 0.29) is 11.8 Å². The Morgan fingerprint density at radius 3 is 2.25 bits per heavy atom. The maximum Gasteiger partial charge on any atom is 0.222 e. The Balaban J connectivity index is 1.85. The molecule has 2 rings (SSSR count). The summed E-state index contributed by atoms with van der Waals surface area (Å²) in [5, 5.41) is 3.69. The van der Waals surface area contributed by atoms with Crippen LogP contribution in [0.3, 0.4) is 0 Å². The second kappa shape index (κ2) is 5.67. The zero-order valence-corrected chi connectivity index (χ0v) is 10.1. The monoisotopic (exact) mass is 224 g/mol. The Kier molecular flexibility index (Phi) is 4.22. The van der Waals surface area contributed by atoms with E-state index in [4.69, 9.17) is 5.73 Å². The van der Waals surface area contributed by atoms with Crippen LogP contribution in [0.2, 0.25) is 0 Å². The van der Waals surface area contributed by atoms with Crippen molar-refractivity contribution in [3.8, 4) is 0 Å². The molecule has 2 saturated carbocycles. The van der Waals surface area contributed by atoms with Crippen molar-refractivity contribution < 1.29 is 4.79 Å². The summed E-state index contributed by atoms with van der Waals surface area (Å²) in [6.45, 7) is 0. The number of carbonyl (C=O) groups excluding carboxylic acids is 1. The average Bonchev–Trinajstić information content (AvgIpc) is 2.55. The molecule has 0 aromatic heterocycles. The highest BCUT2D eigenvalue weighted by molar-refractivity contribution is 5.77.